The Kier molecular flexibility index (Phi) is 1.88. The topological polar surface area (TPSA) is 62.7 Å². The number of rotatable bonds is 1. The number of aromatic nitrogens is 1. The Balaban J connectivity index is 3.25. The number of hydrogen-bond donors (Lipinski definition) is 1. The summed E-state index contributed by atoms with van der Waals surface area (Å²) in [6.45, 7) is 3.55. The minimum Gasteiger partial charge on any atom is -0.383 e. The van der Waals surface area contributed by atoms with E-state index in [2.05, 4.69) is 11.6 Å². The summed E-state index contributed by atoms with van der Waals surface area (Å²) < 4.78 is 0. The van der Waals surface area contributed by atoms with E-state index in [1.807, 2.05) is 6.07 Å². The van der Waals surface area contributed by atoms with Gasteiger partial charge >= 0.3 is 0 Å². The molecule has 1 aromatic heterocycles. The van der Waals surface area contributed by atoms with E-state index >= 15 is 0 Å². The molecule has 54 valence electrons. The van der Waals surface area contributed by atoms with Crippen LogP contribution in [0.5, 0.6) is 0 Å². The van der Waals surface area contributed by atoms with Crippen LogP contribution in [0.4, 0.5) is 5.82 Å². The molecule has 0 aliphatic carbocycles. The van der Waals surface area contributed by atoms with Crippen molar-refractivity contribution < 1.29 is 0 Å². The molecule has 0 amide bonds. The molecule has 0 spiro atoms. The van der Waals surface area contributed by atoms with Crippen LogP contribution in [-0.4, -0.2) is 4.98 Å². The molecule has 0 saturated carbocycles. The fourth-order valence-corrected chi connectivity index (χ4v) is 0.693. The van der Waals surface area contributed by atoms with Gasteiger partial charge in [-0.25, -0.2) is 4.98 Å². The normalized spacial score (nSPS) is 8.64. The average molecular weight is 145 g/mol. The van der Waals surface area contributed by atoms with Gasteiger partial charge in [0.25, 0.3) is 0 Å². The molecule has 3 nitrogen and oxygen atoms in total. The summed E-state index contributed by atoms with van der Waals surface area (Å²) in [6.07, 6.45) is 3.19. The second kappa shape index (κ2) is 2.84. The molecule has 0 fully saturated rings. The minimum atomic E-state index is 0.262. The van der Waals surface area contributed by atoms with Crippen molar-refractivity contribution in [3.63, 3.8) is 0 Å². The van der Waals surface area contributed by atoms with Crippen LogP contribution in [0.1, 0.15) is 11.1 Å². The predicted molar refractivity (Wildman–Crippen MR) is 43.5 cm³/mol. The Morgan fingerprint density at radius 3 is 3.00 bits per heavy atom. The highest BCUT2D eigenvalue weighted by atomic mass is 14.8. The minimum absolute atomic E-state index is 0.262. The van der Waals surface area contributed by atoms with Crippen LogP contribution in [0.3, 0.4) is 0 Å². The van der Waals surface area contributed by atoms with Crippen molar-refractivity contribution in [2.75, 3.05) is 5.73 Å². The van der Waals surface area contributed by atoms with Crippen molar-refractivity contribution in [2.24, 2.45) is 0 Å². The van der Waals surface area contributed by atoms with Crippen molar-refractivity contribution in [3.05, 3.63) is 30.0 Å². The molecule has 0 radical (unpaired) electrons. The zero-order valence-electron chi connectivity index (χ0n) is 5.91. The van der Waals surface area contributed by atoms with Crippen LogP contribution in [-0.2, 0) is 0 Å². The summed E-state index contributed by atoms with van der Waals surface area (Å²) in [5.41, 5.74) is 6.58. The lowest BCUT2D eigenvalue weighted by molar-refractivity contribution is 1.30. The van der Waals surface area contributed by atoms with Gasteiger partial charge in [-0.3, -0.25) is 0 Å². The summed E-state index contributed by atoms with van der Waals surface area (Å²) in [5.74, 6) is 0.262. The van der Waals surface area contributed by atoms with E-state index in [9.17, 15) is 0 Å². The smallest absolute Gasteiger partial charge is 0.141 e. The monoisotopic (exact) mass is 145 g/mol. The molecule has 2 N–H and O–H groups in total. The molecule has 0 bridgehead atoms. The first-order valence-electron chi connectivity index (χ1n) is 3.06. The molecule has 1 heterocycles. The Hall–Kier alpha value is -1.82. The van der Waals surface area contributed by atoms with E-state index in [1.165, 1.54) is 0 Å². The zero-order valence-corrected chi connectivity index (χ0v) is 5.91. The third-order valence-corrected chi connectivity index (χ3v) is 1.30. The Labute approximate surface area is 64.8 Å². The Morgan fingerprint density at radius 2 is 2.45 bits per heavy atom. The number of nitriles is 1. The molecule has 0 aromatic carbocycles. The Morgan fingerprint density at radius 1 is 1.73 bits per heavy atom. The summed E-state index contributed by atoms with van der Waals surface area (Å²) in [5, 5.41) is 8.53. The van der Waals surface area contributed by atoms with Crippen molar-refractivity contribution in [2.45, 2.75) is 0 Å². The van der Waals surface area contributed by atoms with Crippen LogP contribution in [0, 0.1) is 11.3 Å². The third-order valence-electron chi connectivity index (χ3n) is 1.30. The maximum Gasteiger partial charge on any atom is 0.141 e. The van der Waals surface area contributed by atoms with Gasteiger partial charge in [0.1, 0.15) is 11.9 Å². The van der Waals surface area contributed by atoms with Gasteiger partial charge in [0.15, 0.2) is 0 Å². The molecule has 0 unspecified atom stereocenters. The van der Waals surface area contributed by atoms with Crippen molar-refractivity contribution in [1.82, 2.24) is 4.98 Å². The van der Waals surface area contributed by atoms with E-state index in [0.717, 1.165) is 5.56 Å². The fourth-order valence-electron chi connectivity index (χ4n) is 0.693. The second-order valence-corrected chi connectivity index (χ2v) is 2.02. The highest BCUT2D eigenvalue weighted by molar-refractivity contribution is 5.56. The van der Waals surface area contributed by atoms with Gasteiger partial charge in [0.05, 0.1) is 5.56 Å². The maximum absolute atomic E-state index is 8.53. The maximum atomic E-state index is 8.53. The quantitative estimate of drug-likeness (QED) is 0.645. The molecule has 1 rings (SSSR count). The van der Waals surface area contributed by atoms with Crippen LogP contribution in [0.15, 0.2) is 18.8 Å². The van der Waals surface area contributed by atoms with Crippen LogP contribution < -0.4 is 5.73 Å². The van der Waals surface area contributed by atoms with Crippen LogP contribution >= 0.6 is 0 Å². The van der Waals surface area contributed by atoms with E-state index in [4.69, 9.17) is 11.0 Å². The molecule has 1 aromatic rings. The average Bonchev–Trinajstić information content (AvgIpc) is 2.05. The molecular weight excluding hydrogens is 138 g/mol. The van der Waals surface area contributed by atoms with Crippen LogP contribution in [0.2, 0.25) is 0 Å². The first kappa shape index (κ1) is 7.29. The predicted octanol–water partition coefficient (Wildman–Crippen LogP) is 1.18. The Bertz CT molecular complexity index is 323. The number of anilines is 1. The van der Waals surface area contributed by atoms with Gasteiger partial charge in [0, 0.05) is 6.20 Å². The second-order valence-electron chi connectivity index (χ2n) is 2.02. The molecule has 0 aliphatic heterocycles. The van der Waals surface area contributed by atoms with Crippen LogP contribution in [0.25, 0.3) is 6.08 Å². The lowest BCUT2D eigenvalue weighted by Crippen LogP contribution is -1.94. The molecular formula is C8H7N3. The molecule has 0 aliphatic rings. The number of hydrogen-bond acceptors (Lipinski definition) is 3. The molecule has 3 heteroatoms. The first-order chi connectivity index (χ1) is 5.27. The summed E-state index contributed by atoms with van der Waals surface area (Å²) in [4.78, 5) is 3.80. The number of nitrogens with zero attached hydrogens (tertiary/aromatic N) is 2. The van der Waals surface area contributed by atoms with Gasteiger partial charge in [0.2, 0.25) is 0 Å². The highest BCUT2D eigenvalue weighted by Gasteiger charge is 1.97. The lowest BCUT2D eigenvalue weighted by Gasteiger charge is -1.95. The van der Waals surface area contributed by atoms with Crippen molar-refractivity contribution in [3.8, 4) is 6.07 Å². The van der Waals surface area contributed by atoms with Gasteiger partial charge < -0.3 is 5.73 Å². The summed E-state index contributed by atoms with van der Waals surface area (Å²) in [6, 6.07) is 3.58. The molecule has 0 atom stereocenters. The third kappa shape index (κ3) is 1.36. The molecule has 0 saturated heterocycles. The van der Waals surface area contributed by atoms with Crippen molar-refractivity contribution >= 4 is 11.9 Å². The lowest BCUT2D eigenvalue weighted by atomic mass is 10.2. The fraction of sp³-hybridized carbons (Fsp3) is 0. The van der Waals surface area contributed by atoms with Gasteiger partial charge in [-0.15, -0.1) is 0 Å². The van der Waals surface area contributed by atoms with Gasteiger partial charge in [-0.2, -0.15) is 5.26 Å². The van der Waals surface area contributed by atoms with E-state index < -0.39 is 0 Å². The zero-order chi connectivity index (χ0) is 8.27. The summed E-state index contributed by atoms with van der Waals surface area (Å²) in [7, 11) is 0. The standard InChI is InChI=1S/C8H7N3/c1-2-6-3-7(4-9)8(10)11-5-6/h2-3,5H,1H2,(H2,10,11). The van der Waals surface area contributed by atoms with Crippen molar-refractivity contribution in [1.29, 1.82) is 5.26 Å². The first-order valence-corrected chi connectivity index (χ1v) is 3.06. The van der Waals surface area contributed by atoms with Gasteiger partial charge in [-0.05, 0) is 11.6 Å². The van der Waals surface area contributed by atoms with Gasteiger partial charge in [-0.1, -0.05) is 12.7 Å². The number of nitrogens with two attached hydrogens (primary N) is 1. The van der Waals surface area contributed by atoms with E-state index in [1.54, 1.807) is 18.3 Å². The highest BCUT2D eigenvalue weighted by Crippen LogP contribution is 2.09. The van der Waals surface area contributed by atoms with E-state index in [-0.39, 0.29) is 5.82 Å². The summed E-state index contributed by atoms with van der Waals surface area (Å²) >= 11 is 0. The SMILES string of the molecule is C=Cc1cnc(N)c(C#N)c1. The number of pyridine rings is 1. The molecule has 11 heavy (non-hydrogen) atoms. The van der Waals surface area contributed by atoms with E-state index in [0.29, 0.717) is 5.56 Å². The number of nitrogen functional groups attached to an aromatic ring is 1. The largest absolute Gasteiger partial charge is 0.383 e.